The molecule has 1 heterocycles. The van der Waals surface area contributed by atoms with Gasteiger partial charge >= 0.3 is 0 Å². The molecule has 0 spiro atoms. The van der Waals surface area contributed by atoms with Gasteiger partial charge in [-0.25, -0.2) is 4.39 Å². The number of anilines is 1. The van der Waals surface area contributed by atoms with Crippen LogP contribution in [0, 0.1) is 22.6 Å². The van der Waals surface area contributed by atoms with E-state index in [2.05, 4.69) is 15.6 Å². The smallest absolute Gasteiger partial charge is 0.201 e. The lowest BCUT2D eigenvalue weighted by atomic mass is 10.3. The topological polar surface area (TPSA) is 125 Å². The van der Waals surface area contributed by atoms with Gasteiger partial charge in [0.15, 0.2) is 17.4 Å². The number of benzene rings is 1. The molecule has 0 saturated carbocycles. The Morgan fingerprint density at radius 1 is 1.57 bits per heavy atom. The number of aromatic nitrogens is 2. The number of nitriles is 1. The fourth-order valence-electron chi connectivity index (χ4n) is 1.65. The molecule has 0 unspecified atom stereocenters. The summed E-state index contributed by atoms with van der Waals surface area (Å²) >= 11 is 0. The number of hydrazone groups is 1. The lowest BCUT2D eigenvalue weighted by molar-refractivity contribution is 0.280. The largest absolute Gasteiger partial charge is 0.484 e. The molecule has 0 aliphatic carbocycles. The third-order valence-corrected chi connectivity index (χ3v) is 2.89. The first-order valence-electron chi connectivity index (χ1n) is 6.48. The van der Waals surface area contributed by atoms with E-state index in [0.717, 1.165) is 11.8 Å². The maximum Gasteiger partial charge on any atom is 0.201 e. The van der Waals surface area contributed by atoms with Crippen LogP contribution in [-0.2, 0) is 13.7 Å². The summed E-state index contributed by atoms with van der Waals surface area (Å²) in [5.41, 5.74) is 8.42. The second-order valence-corrected chi connectivity index (χ2v) is 4.48. The van der Waals surface area contributed by atoms with Crippen LogP contribution in [0.25, 0.3) is 0 Å². The molecule has 4 N–H and O–H groups in total. The summed E-state index contributed by atoms with van der Waals surface area (Å²) in [6, 6.07) is 7.55. The van der Waals surface area contributed by atoms with Gasteiger partial charge in [0.2, 0.25) is 5.71 Å². The summed E-state index contributed by atoms with van der Waals surface area (Å²) in [6.45, 7) is 0.182. The second-order valence-electron chi connectivity index (χ2n) is 4.48. The average Bonchev–Trinajstić information content (AvgIpc) is 2.92. The first kappa shape index (κ1) is 16.0. The fourth-order valence-corrected chi connectivity index (χ4v) is 1.65. The Morgan fingerprint density at radius 2 is 2.35 bits per heavy atom. The molecule has 8 nitrogen and oxygen atoms in total. The van der Waals surface area contributed by atoms with Crippen LogP contribution in [0.1, 0.15) is 5.69 Å². The van der Waals surface area contributed by atoms with Crippen LogP contribution in [0.3, 0.4) is 0 Å². The van der Waals surface area contributed by atoms with E-state index in [0.29, 0.717) is 5.69 Å². The van der Waals surface area contributed by atoms with Crippen LogP contribution in [0.2, 0.25) is 0 Å². The third kappa shape index (κ3) is 4.04. The van der Waals surface area contributed by atoms with E-state index < -0.39 is 11.7 Å². The molecule has 2 aromatic rings. The lowest BCUT2D eigenvalue weighted by Gasteiger charge is -2.09. The predicted molar refractivity (Wildman–Crippen MR) is 82.5 cm³/mol. The van der Waals surface area contributed by atoms with Crippen LogP contribution in [-0.4, -0.2) is 21.3 Å². The molecule has 0 aliphatic heterocycles. The van der Waals surface area contributed by atoms with E-state index in [4.69, 9.17) is 21.1 Å². The van der Waals surface area contributed by atoms with Crippen molar-refractivity contribution in [2.75, 3.05) is 5.43 Å². The summed E-state index contributed by atoms with van der Waals surface area (Å²) < 4.78 is 21.0. The van der Waals surface area contributed by atoms with E-state index in [1.807, 2.05) is 0 Å². The highest BCUT2D eigenvalue weighted by molar-refractivity contribution is 6.45. The molecule has 9 heteroatoms. The highest BCUT2D eigenvalue weighted by Gasteiger charge is 2.07. The Hall–Kier alpha value is -3.41. The van der Waals surface area contributed by atoms with Crippen molar-refractivity contribution in [1.29, 1.82) is 10.7 Å². The molecule has 23 heavy (non-hydrogen) atoms. The van der Waals surface area contributed by atoms with Crippen molar-refractivity contribution in [3.63, 3.8) is 0 Å². The lowest BCUT2D eigenvalue weighted by Crippen LogP contribution is -2.21. The summed E-state index contributed by atoms with van der Waals surface area (Å²) in [4.78, 5) is 0. The van der Waals surface area contributed by atoms with Gasteiger partial charge in [-0.05, 0) is 18.2 Å². The second kappa shape index (κ2) is 7.04. The minimum absolute atomic E-state index is 0.0767. The molecular weight excluding hydrogens is 301 g/mol. The van der Waals surface area contributed by atoms with E-state index in [1.54, 1.807) is 30.1 Å². The van der Waals surface area contributed by atoms with Crippen molar-refractivity contribution in [2.45, 2.75) is 6.61 Å². The van der Waals surface area contributed by atoms with Crippen LogP contribution >= 0.6 is 0 Å². The number of nitrogens with two attached hydrogens (primary N) is 1. The highest BCUT2D eigenvalue weighted by Crippen LogP contribution is 2.22. The Balaban J connectivity index is 2.05. The molecule has 1 aromatic heterocycles. The molecule has 0 saturated heterocycles. The van der Waals surface area contributed by atoms with Crippen molar-refractivity contribution in [1.82, 2.24) is 9.78 Å². The Labute approximate surface area is 131 Å². The van der Waals surface area contributed by atoms with Crippen molar-refractivity contribution in [2.24, 2.45) is 17.9 Å². The number of halogens is 1. The van der Waals surface area contributed by atoms with E-state index >= 15 is 0 Å². The normalized spacial score (nSPS) is 10.9. The van der Waals surface area contributed by atoms with Gasteiger partial charge in [-0.2, -0.15) is 15.5 Å². The van der Waals surface area contributed by atoms with Gasteiger partial charge in [0.1, 0.15) is 12.7 Å². The van der Waals surface area contributed by atoms with Crippen molar-refractivity contribution >= 4 is 17.2 Å². The number of hydrogen-bond donors (Lipinski definition) is 3. The summed E-state index contributed by atoms with van der Waals surface area (Å²) in [5, 5.41) is 23.4. The number of ether oxygens (including phenoxy) is 1. The summed E-state index contributed by atoms with van der Waals surface area (Å²) in [5.74, 6) is -0.988. The quantitative estimate of drug-likeness (QED) is 0.422. The average molecular weight is 315 g/mol. The molecule has 118 valence electrons. The highest BCUT2D eigenvalue weighted by atomic mass is 19.1. The molecule has 0 bridgehead atoms. The Bertz CT molecular complexity index is 791. The zero-order valence-electron chi connectivity index (χ0n) is 12.2. The molecule has 0 radical (unpaired) electrons. The molecule has 0 aliphatic rings. The number of nitrogens with zero attached hydrogens (tertiary/aromatic N) is 4. The standard InChI is InChI=1S/C14H14FN7O/c1-22-10(4-5-19-22)8-23-13-3-2-9(6-11(13)15)20-21-12(7-16)14(17)18/h2-6,20H,8H2,1H3,(H3,17,18)/b21-12+. The summed E-state index contributed by atoms with van der Waals surface area (Å²) in [7, 11) is 1.77. The van der Waals surface area contributed by atoms with Crippen molar-refractivity contribution in [3.8, 4) is 11.8 Å². The maximum atomic E-state index is 14.0. The Morgan fingerprint density at radius 3 is 2.91 bits per heavy atom. The van der Waals surface area contributed by atoms with Crippen LogP contribution < -0.4 is 15.9 Å². The van der Waals surface area contributed by atoms with Gasteiger partial charge in [0, 0.05) is 19.3 Å². The van der Waals surface area contributed by atoms with E-state index in [-0.39, 0.29) is 18.1 Å². The first-order valence-corrected chi connectivity index (χ1v) is 6.48. The SMILES string of the molecule is Cn1nccc1COc1ccc(N/N=C(\C#N)C(=N)N)cc1F. The minimum Gasteiger partial charge on any atom is -0.484 e. The predicted octanol–water partition coefficient (Wildman–Crippen LogP) is 1.37. The number of rotatable bonds is 6. The monoisotopic (exact) mass is 315 g/mol. The van der Waals surface area contributed by atoms with Gasteiger partial charge in [0.25, 0.3) is 0 Å². The van der Waals surface area contributed by atoms with Crippen LogP contribution in [0.15, 0.2) is 35.6 Å². The van der Waals surface area contributed by atoms with Crippen LogP contribution in [0.5, 0.6) is 5.75 Å². The van der Waals surface area contributed by atoms with Crippen molar-refractivity contribution < 1.29 is 9.13 Å². The zero-order valence-corrected chi connectivity index (χ0v) is 12.2. The molecule has 1 aromatic carbocycles. The van der Waals surface area contributed by atoms with Gasteiger partial charge < -0.3 is 10.5 Å². The van der Waals surface area contributed by atoms with Gasteiger partial charge in [-0.3, -0.25) is 15.5 Å². The first-order chi connectivity index (χ1) is 11.0. The van der Waals surface area contributed by atoms with Crippen molar-refractivity contribution in [3.05, 3.63) is 42.0 Å². The zero-order chi connectivity index (χ0) is 16.8. The van der Waals surface area contributed by atoms with E-state index in [1.165, 1.54) is 12.1 Å². The maximum absolute atomic E-state index is 14.0. The molecule has 0 amide bonds. The summed E-state index contributed by atoms with van der Waals surface area (Å²) in [6.07, 6.45) is 1.63. The fraction of sp³-hybridized carbons (Fsp3) is 0.143. The number of aryl methyl sites for hydroxylation is 1. The number of hydrogen-bond acceptors (Lipinski definition) is 6. The molecular formula is C14H14FN7O. The molecule has 2 rings (SSSR count). The number of nitrogens with one attached hydrogen (secondary N) is 2. The minimum atomic E-state index is -0.589. The third-order valence-electron chi connectivity index (χ3n) is 2.89. The van der Waals surface area contributed by atoms with Gasteiger partial charge in [-0.1, -0.05) is 0 Å². The van der Waals surface area contributed by atoms with Crippen LogP contribution in [0.4, 0.5) is 10.1 Å². The van der Waals surface area contributed by atoms with E-state index in [9.17, 15) is 4.39 Å². The molecule has 0 atom stereocenters. The van der Waals surface area contributed by atoms with Gasteiger partial charge in [-0.15, -0.1) is 0 Å². The number of amidine groups is 1. The molecule has 0 fully saturated rings. The van der Waals surface area contributed by atoms with Gasteiger partial charge in [0.05, 0.1) is 11.4 Å². The Kier molecular flexibility index (Phi) is 4.89.